The number of phenolic OH excluding ortho intramolecular Hbond substituents is 1. The monoisotopic (exact) mass is 249 g/mol. The van der Waals surface area contributed by atoms with Gasteiger partial charge in [0.15, 0.2) is 0 Å². The molecule has 0 bridgehead atoms. The molecule has 1 N–H and O–H groups in total. The zero-order valence-electron chi connectivity index (χ0n) is 12.3. The number of hydrogen-bond acceptors (Lipinski definition) is 2. The van der Waals surface area contributed by atoms with Gasteiger partial charge in [-0.3, -0.25) is 0 Å². The van der Waals surface area contributed by atoms with Gasteiger partial charge in [0.2, 0.25) is 0 Å². The largest absolute Gasteiger partial charge is 0.507 e. The van der Waals surface area contributed by atoms with Crippen molar-refractivity contribution >= 4 is 5.69 Å². The van der Waals surface area contributed by atoms with Crippen LogP contribution >= 0.6 is 0 Å². The van der Waals surface area contributed by atoms with Crippen LogP contribution in [0.4, 0.5) is 5.69 Å². The van der Waals surface area contributed by atoms with Gasteiger partial charge in [0.1, 0.15) is 5.75 Å². The van der Waals surface area contributed by atoms with E-state index in [-0.39, 0.29) is 0 Å². The van der Waals surface area contributed by atoms with Crippen LogP contribution < -0.4 is 4.90 Å². The molecule has 0 aromatic heterocycles. The van der Waals surface area contributed by atoms with Gasteiger partial charge in [-0.05, 0) is 49.9 Å². The van der Waals surface area contributed by atoms with Gasteiger partial charge in [0.05, 0.1) is 0 Å². The normalized spacial score (nSPS) is 10.7. The fourth-order valence-corrected chi connectivity index (χ4v) is 2.18. The van der Waals surface area contributed by atoms with E-state index in [4.69, 9.17) is 0 Å². The molecule has 2 heteroatoms. The maximum atomic E-state index is 9.85. The quantitative estimate of drug-likeness (QED) is 0.773. The summed E-state index contributed by atoms with van der Waals surface area (Å²) in [6, 6.07) is 4.21. The third kappa shape index (κ3) is 3.94. The van der Waals surface area contributed by atoms with E-state index >= 15 is 0 Å². The molecule has 0 saturated heterocycles. The minimum absolute atomic E-state index is 0.435. The summed E-state index contributed by atoms with van der Waals surface area (Å²) in [5.74, 6) is 0.435. The van der Waals surface area contributed by atoms with Crippen LogP contribution in [0.25, 0.3) is 0 Å². The number of aryl methyl sites for hydroxylation is 2. The molecule has 0 amide bonds. The molecular formula is C16H27NO. The van der Waals surface area contributed by atoms with E-state index in [1.165, 1.54) is 31.4 Å². The van der Waals surface area contributed by atoms with Gasteiger partial charge in [-0.2, -0.15) is 0 Å². The minimum atomic E-state index is 0.435. The Morgan fingerprint density at radius 3 is 1.78 bits per heavy atom. The van der Waals surface area contributed by atoms with Crippen molar-refractivity contribution < 1.29 is 5.11 Å². The standard InChI is InChI=1S/C16H27NO/c1-5-7-9-17(10-8-6-2)15-11-13(3)16(18)14(4)12-15/h11-12,18H,5-10H2,1-4H3. The average molecular weight is 249 g/mol. The number of anilines is 1. The first kappa shape index (κ1) is 14.9. The zero-order chi connectivity index (χ0) is 13.5. The summed E-state index contributed by atoms with van der Waals surface area (Å²) in [5.41, 5.74) is 3.20. The van der Waals surface area contributed by atoms with Crippen LogP contribution in [-0.2, 0) is 0 Å². The Kier molecular flexibility index (Phi) is 6.03. The van der Waals surface area contributed by atoms with Crippen LogP contribution in [-0.4, -0.2) is 18.2 Å². The third-order valence-electron chi connectivity index (χ3n) is 3.40. The Bertz CT molecular complexity index is 342. The molecule has 0 aliphatic rings. The molecule has 1 aromatic carbocycles. The second kappa shape index (κ2) is 7.30. The smallest absolute Gasteiger partial charge is 0.121 e. The van der Waals surface area contributed by atoms with Gasteiger partial charge < -0.3 is 10.0 Å². The minimum Gasteiger partial charge on any atom is -0.507 e. The Morgan fingerprint density at radius 2 is 1.39 bits per heavy atom. The second-order valence-electron chi connectivity index (χ2n) is 5.12. The molecule has 0 heterocycles. The van der Waals surface area contributed by atoms with Crippen molar-refractivity contribution in [2.45, 2.75) is 53.4 Å². The Morgan fingerprint density at radius 1 is 0.944 bits per heavy atom. The summed E-state index contributed by atoms with van der Waals surface area (Å²) in [4.78, 5) is 2.45. The van der Waals surface area contributed by atoms with Crippen LogP contribution in [0.3, 0.4) is 0 Å². The topological polar surface area (TPSA) is 23.5 Å². The Labute approximate surface area is 112 Å². The molecular weight excluding hydrogens is 222 g/mol. The Balaban J connectivity index is 2.89. The van der Waals surface area contributed by atoms with Crippen molar-refractivity contribution in [3.05, 3.63) is 23.3 Å². The molecule has 1 aromatic rings. The molecule has 0 atom stereocenters. The van der Waals surface area contributed by atoms with Crippen LogP contribution in [0.2, 0.25) is 0 Å². The molecule has 1 rings (SSSR count). The first-order valence-electron chi connectivity index (χ1n) is 7.15. The lowest BCUT2D eigenvalue weighted by Crippen LogP contribution is -2.25. The fourth-order valence-electron chi connectivity index (χ4n) is 2.18. The summed E-state index contributed by atoms with van der Waals surface area (Å²) in [5, 5.41) is 9.85. The van der Waals surface area contributed by atoms with Crippen LogP contribution in [0.1, 0.15) is 50.7 Å². The summed E-state index contributed by atoms with van der Waals surface area (Å²) >= 11 is 0. The number of benzene rings is 1. The van der Waals surface area contributed by atoms with Gasteiger partial charge in [-0.15, -0.1) is 0 Å². The maximum Gasteiger partial charge on any atom is 0.121 e. The first-order valence-corrected chi connectivity index (χ1v) is 7.15. The second-order valence-corrected chi connectivity index (χ2v) is 5.12. The van der Waals surface area contributed by atoms with Gasteiger partial charge in [-0.25, -0.2) is 0 Å². The van der Waals surface area contributed by atoms with E-state index < -0.39 is 0 Å². The van der Waals surface area contributed by atoms with Crippen molar-refractivity contribution in [1.82, 2.24) is 0 Å². The van der Waals surface area contributed by atoms with Crippen molar-refractivity contribution in [1.29, 1.82) is 0 Å². The average Bonchev–Trinajstić information content (AvgIpc) is 2.35. The molecule has 0 aliphatic heterocycles. The van der Waals surface area contributed by atoms with E-state index in [9.17, 15) is 5.11 Å². The predicted molar refractivity (Wildman–Crippen MR) is 79.6 cm³/mol. The van der Waals surface area contributed by atoms with Gasteiger partial charge in [-0.1, -0.05) is 26.7 Å². The number of rotatable bonds is 7. The lowest BCUT2D eigenvalue weighted by molar-refractivity contribution is 0.467. The van der Waals surface area contributed by atoms with E-state index in [1.54, 1.807) is 0 Å². The molecule has 0 fully saturated rings. The van der Waals surface area contributed by atoms with Crippen molar-refractivity contribution in [3.8, 4) is 5.75 Å². The Hall–Kier alpha value is -1.18. The molecule has 0 saturated carbocycles. The predicted octanol–water partition coefficient (Wildman–Crippen LogP) is 4.42. The molecule has 0 spiro atoms. The van der Waals surface area contributed by atoms with Crippen LogP contribution in [0.15, 0.2) is 12.1 Å². The fraction of sp³-hybridized carbons (Fsp3) is 0.625. The number of phenols is 1. The highest BCUT2D eigenvalue weighted by atomic mass is 16.3. The number of aromatic hydroxyl groups is 1. The summed E-state index contributed by atoms with van der Waals surface area (Å²) < 4.78 is 0. The number of unbranched alkanes of at least 4 members (excludes halogenated alkanes) is 2. The SMILES string of the molecule is CCCCN(CCCC)c1cc(C)c(O)c(C)c1. The molecule has 102 valence electrons. The molecule has 2 nitrogen and oxygen atoms in total. The first-order chi connectivity index (χ1) is 8.60. The van der Waals surface area contributed by atoms with Crippen LogP contribution in [0, 0.1) is 13.8 Å². The molecule has 0 unspecified atom stereocenters. The molecule has 18 heavy (non-hydrogen) atoms. The zero-order valence-corrected chi connectivity index (χ0v) is 12.3. The third-order valence-corrected chi connectivity index (χ3v) is 3.40. The van der Waals surface area contributed by atoms with Crippen LogP contribution in [0.5, 0.6) is 5.75 Å². The highest BCUT2D eigenvalue weighted by Crippen LogP contribution is 2.28. The maximum absolute atomic E-state index is 9.85. The summed E-state index contributed by atoms with van der Waals surface area (Å²) in [6.07, 6.45) is 4.89. The van der Waals surface area contributed by atoms with E-state index in [1.807, 2.05) is 13.8 Å². The lowest BCUT2D eigenvalue weighted by atomic mass is 10.1. The van der Waals surface area contributed by atoms with Crippen molar-refractivity contribution in [3.63, 3.8) is 0 Å². The van der Waals surface area contributed by atoms with Gasteiger partial charge >= 0.3 is 0 Å². The highest BCUT2D eigenvalue weighted by Gasteiger charge is 2.09. The molecule has 0 aliphatic carbocycles. The van der Waals surface area contributed by atoms with Gasteiger partial charge in [0.25, 0.3) is 0 Å². The number of nitrogens with zero attached hydrogens (tertiary/aromatic N) is 1. The van der Waals surface area contributed by atoms with E-state index in [0.29, 0.717) is 5.75 Å². The summed E-state index contributed by atoms with van der Waals surface area (Å²) in [7, 11) is 0. The van der Waals surface area contributed by atoms with Gasteiger partial charge in [0, 0.05) is 18.8 Å². The number of hydrogen-bond donors (Lipinski definition) is 1. The van der Waals surface area contributed by atoms with Crippen molar-refractivity contribution in [2.75, 3.05) is 18.0 Å². The lowest BCUT2D eigenvalue weighted by Gasteiger charge is -2.26. The highest BCUT2D eigenvalue weighted by molar-refractivity contribution is 5.56. The van der Waals surface area contributed by atoms with Crippen molar-refractivity contribution in [2.24, 2.45) is 0 Å². The summed E-state index contributed by atoms with van der Waals surface area (Å²) in [6.45, 7) is 10.6. The van der Waals surface area contributed by atoms with E-state index in [0.717, 1.165) is 24.2 Å². The van der Waals surface area contributed by atoms with E-state index in [2.05, 4.69) is 30.9 Å². The molecule has 0 radical (unpaired) electrons.